The van der Waals surface area contributed by atoms with Crippen molar-refractivity contribution in [1.29, 1.82) is 0 Å². The van der Waals surface area contributed by atoms with E-state index in [1.165, 1.54) is 6.08 Å². The molecule has 0 bridgehead atoms. The third-order valence-electron chi connectivity index (χ3n) is 1.43. The van der Waals surface area contributed by atoms with E-state index in [-0.39, 0.29) is 0 Å². The third-order valence-corrected chi connectivity index (χ3v) is 1.43. The van der Waals surface area contributed by atoms with Gasteiger partial charge in [0.25, 0.3) is 0 Å². The monoisotopic (exact) mass is 183 g/mol. The highest BCUT2D eigenvalue weighted by Gasteiger charge is 1.93. The Morgan fingerprint density at radius 2 is 2.15 bits per heavy atom. The minimum atomic E-state index is -0.397. The lowest BCUT2D eigenvalue weighted by molar-refractivity contribution is 0.249. The van der Waals surface area contributed by atoms with Gasteiger partial charge in [-0.1, -0.05) is 0 Å². The topological polar surface area (TPSA) is 70.9 Å². The number of carbonyl (C=O) groups excluding carboxylic acids is 2. The predicted octanol–water partition coefficient (Wildman–Crippen LogP) is 0.903. The van der Waals surface area contributed by atoms with Crippen LogP contribution in [0.4, 0.5) is 4.79 Å². The Balaban J connectivity index is 3.12. The van der Waals surface area contributed by atoms with Gasteiger partial charge in [0, 0.05) is 6.54 Å². The fraction of sp³-hybridized carbons (Fsp3) is 0.625. The van der Waals surface area contributed by atoms with Crippen molar-refractivity contribution in [1.82, 2.24) is 5.32 Å². The van der Waals surface area contributed by atoms with Gasteiger partial charge in [0.05, 0.1) is 6.54 Å². The Morgan fingerprint density at radius 3 is 2.77 bits per heavy atom. The summed E-state index contributed by atoms with van der Waals surface area (Å²) in [5, 5.41) is 2.55. The average Bonchev–Trinajstić information content (AvgIpc) is 2.16. The van der Waals surface area contributed by atoms with Crippen molar-refractivity contribution in [2.45, 2.75) is 19.3 Å². The van der Waals surface area contributed by atoms with Crippen LogP contribution in [0.5, 0.6) is 0 Å². The van der Waals surface area contributed by atoms with Crippen molar-refractivity contribution in [2.75, 3.05) is 13.1 Å². The van der Waals surface area contributed by atoms with Gasteiger partial charge in [0.15, 0.2) is 0 Å². The normalized spacial score (nSPS) is 8.62. The van der Waals surface area contributed by atoms with Gasteiger partial charge in [-0.25, -0.2) is 19.6 Å². The smallest absolute Gasteiger partial charge is 0.336 e. The Kier molecular flexibility index (Phi) is 7.63. The van der Waals surface area contributed by atoms with Crippen LogP contribution in [0, 0.1) is 0 Å². The van der Waals surface area contributed by atoms with Crippen molar-refractivity contribution < 1.29 is 9.59 Å². The second-order valence-corrected chi connectivity index (χ2v) is 2.42. The molecule has 0 aliphatic heterocycles. The summed E-state index contributed by atoms with van der Waals surface area (Å²) in [6, 6.07) is -0.397. The number of aliphatic imine (C=N–C) groups is 2. The van der Waals surface area contributed by atoms with Crippen LogP contribution < -0.4 is 5.32 Å². The summed E-state index contributed by atoms with van der Waals surface area (Å²) in [4.78, 5) is 26.8. The molecule has 0 atom stereocenters. The highest BCUT2D eigenvalue weighted by molar-refractivity contribution is 5.78. The molecule has 5 heteroatoms. The van der Waals surface area contributed by atoms with Crippen LogP contribution in [-0.2, 0) is 4.79 Å². The maximum atomic E-state index is 10.5. The molecule has 0 rings (SSSR count). The lowest BCUT2D eigenvalue weighted by atomic mass is 10.2. The summed E-state index contributed by atoms with van der Waals surface area (Å²) in [6.45, 7) is 4.18. The van der Waals surface area contributed by atoms with Gasteiger partial charge in [-0.3, -0.25) is 0 Å². The number of unbranched alkanes of at least 4 members (excludes halogenated alkanes) is 2. The molecule has 0 spiro atoms. The molecule has 0 heterocycles. The van der Waals surface area contributed by atoms with Gasteiger partial charge in [-0.2, -0.15) is 0 Å². The van der Waals surface area contributed by atoms with Crippen molar-refractivity contribution in [3.8, 4) is 0 Å². The molecular formula is C8H13N3O2. The molecule has 0 aliphatic carbocycles. The number of nitrogens with one attached hydrogen (secondary N) is 1. The Hall–Kier alpha value is -1.48. The molecule has 0 aliphatic rings. The quantitative estimate of drug-likeness (QED) is 0.377. The van der Waals surface area contributed by atoms with E-state index < -0.39 is 6.03 Å². The molecule has 0 saturated carbocycles. The van der Waals surface area contributed by atoms with Gasteiger partial charge in [0.1, 0.15) is 0 Å². The van der Waals surface area contributed by atoms with Crippen LogP contribution in [0.2, 0.25) is 0 Å². The first-order valence-electron chi connectivity index (χ1n) is 4.09. The fourth-order valence-corrected chi connectivity index (χ4v) is 0.790. The number of amides is 2. The summed E-state index contributed by atoms with van der Waals surface area (Å²) in [5.41, 5.74) is 0. The largest absolute Gasteiger partial charge is 0.340 e. The van der Waals surface area contributed by atoms with Crippen molar-refractivity contribution in [2.24, 2.45) is 9.98 Å². The number of isocyanates is 1. The first-order valence-corrected chi connectivity index (χ1v) is 4.09. The molecule has 0 unspecified atom stereocenters. The molecule has 0 aromatic heterocycles. The fourth-order valence-electron chi connectivity index (χ4n) is 0.790. The molecule has 2 amide bonds. The SMILES string of the molecule is C=NC(=O)NCCCCCN=C=O. The lowest BCUT2D eigenvalue weighted by Gasteiger charge is -1.99. The lowest BCUT2D eigenvalue weighted by Crippen LogP contribution is -2.20. The summed E-state index contributed by atoms with van der Waals surface area (Å²) < 4.78 is 0. The van der Waals surface area contributed by atoms with Gasteiger partial charge in [-0.05, 0) is 26.0 Å². The van der Waals surface area contributed by atoms with Crippen LogP contribution >= 0.6 is 0 Å². The number of hydrogen-bond acceptors (Lipinski definition) is 3. The van der Waals surface area contributed by atoms with Crippen LogP contribution in [0.25, 0.3) is 0 Å². The summed E-state index contributed by atoms with van der Waals surface area (Å²) in [5.74, 6) is 0. The number of urea groups is 1. The minimum Gasteiger partial charge on any atom is -0.336 e. The van der Waals surface area contributed by atoms with E-state index in [0.29, 0.717) is 13.1 Å². The van der Waals surface area contributed by atoms with E-state index in [1.807, 2.05) is 0 Å². The standard InChI is InChI=1S/C8H13N3O2/c1-9-8(13)11-6-4-2-3-5-10-7-12/h1-6H2,(H,11,13). The third kappa shape index (κ3) is 8.43. The van der Waals surface area contributed by atoms with Crippen molar-refractivity contribution in [3.05, 3.63) is 0 Å². The molecule has 0 aromatic rings. The summed E-state index contributed by atoms with van der Waals surface area (Å²) in [7, 11) is 0. The maximum Gasteiger partial charge on any atom is 0.340 e. The average molecular weight is 183 g/mol. The molecule has 72 valence electrons. The van der Waals surface area contributed by atoms with E-state index in [4.69, 9.17) is 0 Å². The number of rotatable bonds is 6. The second-order valence-electron chi connectivity index (χ2n) is 2.42. The highest BCUT2D eigenvalue weighted by atomic mass is 16.2. The van der Waals surface area contributed by atoms with Crippen LogP contribution in [0.3, 0.4) is 0 Å². The van der Waals surface area contributed by atoms with Crippen molar-refractivity contribution in [3.63, 3.8) is 0 Å². The second kappa shape index (κ2) is 8.62. The van der Waals surface area contributed by atoms with Crippen molar-refractivity contribution >= 4 is 18.8 Å². The van der Waals surface area contributed by atoms with Crippen LogP contribution in [0.1, 0.15) is 19.3 Å². The van der Waals surface area contributed by atoms with Gasteiger partial charge in [-0.15, -0.1) is 0 Å². The summed E-state index contributed by atoms with van der Waals surface area (Å²) >= 11 is 0. The Bertz CT molecular complexity index is 209. The molecule has 0 aromatic carbocycles. The van der Waals surface area contributed by atoms with E-state index in [1.54, 1.807) is 0 Å². The number of carbonyl (C=O) groups is 1. The Labute approximate surface area is 77.0 Å². The van der Waals surface area contributed by atoms with Gasteiger partial charge >= 0.3 is 6.03 Å². The van der Waals surface area contributed by atoms with E-state index in [2.05, 4.69) is 22.0 Å². The first-order chi connectivity index (χ1) is 6.31. The van der Waals surface area contributed by atoms with E-state index in [0.717, 1.165) is 19.3 Å². The molecule has 0 saturated heterocycles. The Morgan fingerprint density at radius 1 is 1.38 bits per heavy atom. The molecule has 13 heavy (non-hydrogen) atoms. The molecule has 0 fully saturated rings. The zero-order chi connectivity index (χ0) is 9.94. The van der Waals surface area contributed by atoms with Crippen LogP contribution in [-0.4, -0.2) is 31.9 Å². The van der Waals surface area contributed by atoms with E-state index >= 15 is 0 Å². The highest BCUT2D eigenvalue weighted by Crippen LogP contribution is 1.93. The number of hydrogen-bond donors (Lipinski definition) is 1. The minimum absolute atomic E-state index is 0.397. The van der Waals surface area contributed by atoms with Gasteiger partial charge < -0.3 is 5.32 Å². The molecule has 0 radical (unpaired) electrons. The zero-order valence-corrected chi connectivity index (χ0v) is 7.45. The summed E-state index contributed by atoms with van der Waals surface area (Å²) in [6.07, 6.45) is 4.08. The molecule has 1 N–H and O–H groups in total. The van der Waals surface area contributed by atoms with E-state index in [9.17, 15) is 9.59 Å². The number of nitrogens with zero attached hydrogens (tertiary/aromatic N) is 2. The molecular weight excluding hydrogens is 170 g/mol. The predicted molar refractivity (Wildman–Crippen MR) is 49.8 cm³/mol. The van der Waals surface area contributed by atoms with Gasteiger partial charge in [0.2, 0.25) is 6.08 Å². The maximum absolute atomic E-state index is 10.5. The first kappa shape index (κ1) is 11.5. The zero-order valence-electron chi connectivity index (χ0n) is 7.45. The molecule has 5 nitrogen and oxygen atoms in total. The van der Waals surface area contributed by atoms with Crippen LogP contribution in [0.15, 0.2) is 9.98 Å².